The van der Waals surface area contributed by atoms with Gasteiger partial charge in [0.25, 0.3) is 0 Å². The van der Waals surface area contributed by atoms with Crippen LogP contribution in [0.4, 0.5) is 0 Å². The number of hydrogen-bond acceptors (Lipinski definition) is 4. The van der Waals surface area contributed by atoms with Crippen molar-refractivity contribution < 1.29 is 4.74 Å². The minimum atomic E-state index is 0.0556. The summed E-state index contributed by atoms with van der Waals surface area (Å²) in [5.74, 6) is 0.952. The van der Waals surface area contributed by atoms with E-state index in [2.05, 4.69) is 46.5 Å². The van der Waals surface area contributed by atoms with Crippen LogP contribution in [0.1, 0.15) is 56.8 Å². The number of nitrogens with one attached hydrogen (secondary N) is 1. The van der Waals surface area contributed by atoms with Crippen LogP contribution in [-0.4, -0.2) is 43.1 Å². The fourth-order valence-electron chi connectivity index (χ4n) is 2.02. The van der Waals surface area contributed by atoms with Gasteiger partial charge in [-0.3, -0.25) is 4.99 Å². The van der Waals surface area contributed by atoms with E-state index in [0.29, 0.717) is 0 Å². The minimum Gasteiger partial charge on any atom is -0.375 e. The highest BCUT2D eigenvalue weighted by Crippen LogP contribution is 2.20. The molecule has 126 valence electrons. The van der Waals surface area contributed by atoms with Gasteiger partial charge in [-0.2, -0.15) is 0 Å². The van der Waals surface area contributed by atoms with Gasteiger partial charge in [-0.15, -0.1) is 11.3 Å². The molecule has 0 radical (unpaired) electrons. The third kappa shape index (κ3) is 6.32. The van der Waals surface area contributed by atoms with Crippen LogP contribution >= 0.6 is 11.3 Å². The average Bonchev–Trinajstić information content (AvgIpc) is 2.98. The molecule has 0 fully saturated rings. The summed E-state index contributed by atoms with van der Waals surface area (Å²) >= 11 is 1.65. The van der Waals surface area contributed by atoms with E-state index < -0.39 is 0 Å². The van der Waals surface area contributed by atoms with E-state index in [4.69, 9.17) is 4.74 Å². The lowest BCUT2D eigenvalue weighted by atomic mass is 10.2. The standard InChI is InChI=1S/C16H30N4OS/c1-6-8-9-10-18-16(17-7-2)20(4)11-14-12-22-15(19-14)13(3)21-5/h12-13H,6-11H2,1-5H3,(H,17,18). The summed E-state index contributed by atoms with van der Waals surface area (Å²) in [5.41, 5.74) is 1.06. The van der Waals surface area contributed by atoms with Gasteiger partial charge in [-0.25, -0.2) is 4.98 Å². The zero-order valence-electron chi connectivity index (χ0n) is 14.6. The Morgan fingerprint density at radius 1 is 1.45 bits per heavy atom. The molecule has 1 rings (SSSR count). The Morgan fingerprint density at radius 3 is 2.86 bits per heavy atom. The molecule has 1 N–H and O–H groups in total. The quantitative estimate of drug-likeness (QED) is 0.429. The zero-order valence-corrected chi connectivity index (χ0v) is 15.4. The second kappa shape index (κ2) is 10.6. The molecule has 0 aliphatic rings. The Kier molecular flexibility index (Phi) is 9.08. The SMILES string of the molecule is CCCCCN=C(NCC)N(C)Cc1csc(C(C)OC)n1. The first-order valence-electron chi connectivity index (χ1n) is 8.08. The van der Waals surface area contributed by atoms with Crippen LogP contribution in [-0.2, 0) is 11.3 Å². The molecule has 0 aromatic carbocycles. The zero-order chi connectivity index (χ0) is 16.4. The molecule has 0 amide bonds. The summed E-state index contributed by atoms with van der Waals surface area (Å²) in [6.45, 7) is 8.83. The molecule has 1 unspecified atom stereocenters. The predicted octanol–water partition coefficient (Wildman–Crippen LogP) is 3.44. The van der Waals surface area contributed by atoms with Crippen molar-refractivity contribution in [3.05, 3.63) is 16.1 Å². The van der Waals surface area contributed by atoms with Crippen LogP contribution in [0.5, 0.6) is 0 Å². The molecule has 0 saturated carbocycles. The number of methoxy groups -OCH3 is 1. The molecule has 5 nitrogen and oxygen atoms in total. The number of guanidine groups is 1. The first-order chi connectivity index (χ1) is 10.6. The van der Waals surface area contributed by atoms with Crippen LogP contribution in [0, 0.1) is 0 Å². The molecule has 0 aliphatic carbocycles. The normalized spacial score (nSPS) is 13.2. The first-order valence-corrected chi connectivity index (χ1v) is 8.96. The van der Waals surface area contributed by atoms with Crippen molar-refractivity contribution in [1.29, 1.82) is 0 Å². The number of aliphatic imine (C=N–C) groups is 1. The van der Waals surface area contributed by atoms with Crippen LogP contribution in [0.25, 0.3) is 0 Å². The van der Waals surface area contributed by atoms with E-state index in [-0.39, 0.29) is 6.10 Å². The third-order valence-corrected chi connectivity index (χ3v) is 4.44. The van der Waals surface area contributed by atoms with Gasteiger partial charge in [0.2, 0.25) is 0 Å². The lowest BCUT2D eigenvalue weighted by Gasteiger charge is -2.21. The molecule has 0 spiro atoms. The van der Waals surface area contributed by atoms with E-state index in [9.17, 15) is 0 Å². The van der Waals surface area contributed by atoms with Gasteiger partial charge in [-0.1, -0.05) is 19.8 Å². The van der Waals surface area contributed by atoms with Crippen molar-refractivity contribution in [2.45, 2.75) is 52.7 Å². The summed E-state index contributed by atoms with van der Waals surface area (Å²) < 4.78 is 5.31. The Morgan fingerprint density at radius 2 is 2.23 bits per heavy atom. The molecule has 1 aromatic heterocycles. The van der Waals surface area contributed by atoms with E-state index in [1.54, 1.807) is 18.4 Å². The van der Waals surface area contributed by atoms with E-state index in [0.717, 1.165) is 42.7 Å². The van der Waals surface area contributed by atoms with Crippen LogP contribution in [0.15, 0.2) is 10.4 Å². The molecular formula is C16H30N4OS. The smallest absolute Gasteiger partial charge is 0.194 e. The Bertz CT molecular complexity index is 447. The Hall–Kier alpha value is -1.14. The van der Waals surface area contributed by atoms with Gasteiger partial charge < -0.3 is 15.0 Å². The second-order valence-electron chi connectivity index (χ2n) is 5.35. The molecule has 6 heteroatoms. The second-order valence-corrected chi connectivity index (χ2v) is 6.24. The summed E-state index contributed by atoms with van der Waals surface area (Å²) in [4.78, 5) is 11.5. The van der Waals surface area contributed by atoms with E-state index in [1.165, 1.54) is 12.8 Å². The minimum absolute atomic E-state index is 0.0556. The van der Waals surface area contributed by atoms with Crippen LogP contribution < -0.4 is 5.32 Å². The number of aromatic nitrogens is 1. The van der Waals surface area contributed by atoms with Crippen molar-refractivity contribution >= 4 is 17.3 Å². The van der Waals surface area contributed by atoms with Crippen molar-refractivity contribution in [1.82, 2.24) is 15.2 Å². The fraction of sp³-hybridized carbons (Fsp3) is 0.750. The van der Waals surface area contributed by atoms with Crippen molar-refractivity contribution in [3.63, 3.8) is 0 Å². The van der Waals surface area contributed by atoms with Crippen molar-refractivity contribution in [3.8, 4) is 0 Å². The molecule has 1 heterocycles. The maximum atomic E-state index is 5.31. The summed E-state index contributed by atoms with van der Waals surface area (Å²) in [6.07, 6.45) is 3.66. The van der Waals surface area contributed by atoms with Gasteiger partial charge in [-0.05, 0) is 20.3 Å². The van der Waals surface area contributed by atoms with Gasteiger partial charge >= 0.3 is 0 Å². The van der Waals surface area contributed by atoms with Gasteiger partial charge in [0, 0.05) is 32.6 Å². The fourth-order valence-corrected chi connectivity index (χ4v) is 2.86. The third-order valence-electron chi connectivity index (χ3n) is 3.39. The van der Waals surface area contributed by atoms with Gasteiger partial charge in [0.1, 0.15) is 11.1 Å². The number of unbranched alkanes of at least 4 members (excludes halogenated alkanes) is 2. The average molecular weight is 327 g/mol. The number of ether oxygens (including phenoxy) is 1. The molecule has 1 atom stereocenters. The highest BCUT2D eigenvalue weighted by atomic mass is 32.1. The topological polar surface area (TPSA) is 49.8 Å². The number of nitrogens with zero attached hydrogens (tertiary/aromatic N) is 3. The maximum absolute atomic E-state index is 5.31. The van der Waals surface area contributed by atoms with Crippen molar-refractivity contribution in [2.24, 2.45) is 4.99 Å². The van der Waals surface area contributed by atoms with Gasteiger partial charge in [0.05, 0.1) is 12.2 Å². The number of rotatable bonds is 9. The monoisotopic (exact) mass is 326 g/mol. The molecule has 1 aromatic rings. The summed E-state index contributed by atoms with van der Waals surface area (Å²) in [6, 6.07) is 0. The predicted molar refractivity (Wildman–Crippen MR) is 94.5 cm³/mol. The highest BCUT2D eigenvalue weighted by molar-refractivity contribution is 7.09. The Labute approximate surface area is 138 Å². The van der Waals surface area contributed by atoms with E-state index in [1.807, 2.05) is 6.92 Å². The van der Waals surface area contributed by atoms with Gasteiger partial charge in [0.15, 0.2) is 5.96 Å². The molecule has 0 bridgehead atoms. The molecular weight excluding hydrogens is 296 g/mol. The first kappa shape index (κ1) is 18.9. The Balaban J connectivity index is 2.61. The van der Waals surface area contributed by atoms with Crippen molar-refractivity contribution in [2.75, 3.05) is 27.2 Å². The summed E-state index contributed by atoms with van der Waals surface area (Å²) in [7, 11) is 3.77. The lowest BCUT2D eigenvalue weighted by Crippen LogP contribution is -2.38. The highest BCUT2D eigenvalue weighted by Gasteiger charge is 2.12. The number of hydrogen-bond donors (Lipinski definition) is 1. The summed E-state index contributed by atoms with van der Waals surface area (Å²) in [5, 5.41) is 6.47. The molecule has 22 heavy (non-hydrogen) atoms. The molecule has 0 aliphatic heterocycles. The van der Waals surface area contributed by atoms with Crippen LogP contribution in [0.2, 0.25) is 0 Å². The largest absolute Gasteiger partial charge is 0.375 e. The molecule has 0 saturated heterocycles. The number of thiazole rings is 1. The lowest BCUT2D eigenvalue weighted by molar-refractivity contribution is 0.119. The maximum Gasteiger partial charge on any atom is 0.194 e. The van der Waals surface area contributed by atoms with Crippen LogP contribution in [0.3, 0.4) is 0 Å². The van der Waals surface area contributed by atoms with E-state index >= 15 is 0 Å².